The van der Waals surface area contributed by atoms with Crippen LogP contribution >= 0.6 is 47.2 Å². The Balaban J connectivity index is 1.83. The van der Waals surface area contributed by atoms with Crippen LogP contribution in [0.2, 0.25) is 10.0 Å². The topological polar surface area (TPSA) is 60.8 Å². The van der Waals surface area contributed by atoms with Crippen molar-refractivity contribution in [2.75, 3.05) is 0 Å². The summed E-state index contributed by atoms with van der Waals surface area (Å²) >= 11 is 18.4. The quantitative estimate of drug-likeness (QED) is 0.431. The molecule has 2 aromatic carbocycles. The molecule has 3 rings (SSSR count). The largest absolute Gasteiger partial charge is 0.504 e. The van der Waals surface area contributed by atoms with Crippen LogP contribution in [0.15, 0.2) is 41.3 Å². The molecule has 0 unspecified atom stereocenters. The second kappa shape index (κ2) is 7.25. The van der Waals surface area contributed by atoms with Gasteiger partial charge in [0.05, 0.1) is 21.5 Å². The summed E-state index contributed by atoms with van der Waals surface area (Å²) in [7, 11) is 0. The molecular weight excluding hydrogens is 401 g/mol. The van der Waals surface area contributed by atoms with E-state index in [9.17, 15) is 15.0 Å². The summed E-state index contributed by atoms with van der Waals surface area (Å²) in [6.07, 6.45) is 1.62. The van der Waals surface area contributed by atoms with Gasteiger partial charge in [0, 0.05) is 0 Å². The lowest BCUT2D eigenvalue weighted by atomic mass is 10.2. The third kappa shape index (κ3) is 3.93. The van der Waals surface area contributed by atoms with Crippen molar-refractivity contribution in [2.45, 2.75) is 6.54 Å². The summed E-state index contributed by atoms with van der Waals surface area (Å²) in [6, 6.07) is 9.49. The number of phenols is 2. The number of aromatic hydroxyl groups is 2. The fourth-order valence-electron chi connectivity index (χ4n) is 2.24. The number of halogens is 2. The van der Waals surface area contributed by atoms with E-state index in [1.165, 1.54) is 28.8 Å². The number of hydrogen-bond acceptors (Lipinski definition) is 5. The van der Waals surface area contributed by atoms with Crippen molar-refractivity contribution in [1.82, 2.24) is 4.90 Å². The summed E-state index contributed by atoms with van der Waals surface area (Å²) in [5.74, 6) is -0.696. The molecule has 1 aliphatic heterocycles. The molecule has 1 amide bonds. The maximum atomic E-state index is 12.6. The van der Waals surface area contributed by atoms with Crippen molar-refractivity contribution in [2.24, 2.45) is 0 Å². The number of thioether (sulfide) groups is 1. The molecule has 1 aliphatic rings. The van der Waals surface area contributed by atoms with Crippen molar-refractivity contribution in [3.63, 3.8) is 0 Å². The number of rotatable bonds is 3. The first-order chi connectivity index (χ1) is 11.8. The van der Waals surface area contributed by atoms with E-state index in [1.54, 1.807) is 30.3 Å². The molecular formula is C17H11Cl2NO3S2. The molecule has 0 saturated carbocycles. The van der Waals surface area contributed by atoms with Gasteiger partial charge in [0.15, 0.2) is 11.5 Å². The Labute approximate surface area is 163 Å². The Morgan fingerprint density at radius 2 is 1.84 bits per heavy atom. The van der Waals surface area contributed by atoms with Gasteiger partial charge in [-0.1, -0.05) is 59.3 Å². The second-order valence-corrected chi connectivity index (χ2v) is 7.75. The Morgan fingerprint density at radius 1 is 1.08 bits per heavy atom. The predicted octanol–water partition coefficient (Wildman–Crippen LogP) is 4.81. The summed E-state index contributed by atoms with van der Waals surface area (Å²) in [5.41, 5.74) is 1.40. The van der Waals surface area contributed by atoms with Crippen LogP contribution < -0.4 is 0 Å². The van der Waals surface area contributed by atoms with Gasteiger partial charge in [-0.15, -0.1) is 0 Å². The standard InChI is InChI=1S/C17H11Cl2NO3S2/c18-11-3-1-10(5-12(11)19)8-20-16(23)15(25-17(20)24)7-9-2-4-13(21)14(22)6-9/h1-7,21-22H,8H2/b15-7+. The second-order valence-electron chi connectivity index (χ2n) is 5.26. The van der Waals surface area contributed by atoms with Crippen LogP contribution in [0.4, 0.5) is 0 Å². The minimum absolute atomic E-state index is 0.218. The number of hydrogen-bond donors (Lipinski definition) is 2. The van der Waals surface area contributed by atoms with Crippen LogP contribution in [0.1, 0.15) is 11.1 Å². The maximum Gasteiger partial charge on any atom is 0.266 e. The van der Waals surface area contributed by atoms with E-state index in [4.69, 9.17) is 35.4 Å². The minimum Gasteiger partial charge on any atom is -0.504 e. The highest BCUT2D eigenvalue weighted by Crippen LogP contribution is 2.35. The summed E-state index contributed by atoms with van der Waals surface area (Å²) in [6.45, 7) is 0.291. The monoisotopic (exact) mass is 411 g/mol. The fourth-order valence-corrected chi connectivity index (χ4v) is 3.81. The lowest BCUT2D eigenvalue weighted by molar-refractivity contribution is -0.122. The number of benzene rings is 2. The molecule has 0 spiro atoms. The number of nitrogens with zero attached hydrogens (tertiary/aromatic N) is 1. The SMILES string of the molecule is O=C1/C(=C\c2ccc(O)c(O)c2)SC(=S)N1Cc1ccc(Cl)c(Cl)c1. The van der Waals surface area contributed by atoms with Gasteiger partial charge < -0.3 is 10.2 Å². The van der Waals surface area contributed by atoms with E-state index in [0.29, 0.717) is 31.4 Å². The van der Waals surface area contributed by atoms with Gasteiger partial charge in [-0.2, -0.15) is 0 Å². The number of phenolic OH excluding ortho intramolecular Hbond substituents is 2. The van der Waals surface area contributed by atoms with Gasteiger partial charge >= 0.3 is 0 Å². The smallest absolute Gasteiger partial charge is 0.266 e. The molecule has 1 heterocycles. The highest BCUT2D eigenvalue weighted by Gasteiger charge is 2.32. The van der Waals surface area contributed by atoms with Crippen molar-refractivity contribution in [1.29, 1.82) is 0 Å². The number of thiocarbonyl (C=S) groups is 1. The minimum atomic E-state index is -0.250. The van der Waals surface area contributed by atoms with Gasteiger partial charge in [0.25, 0.3) is 5.91 Å². The highest BCUT2D eigenvalue weighted by molar-refractivity contribution is 8.26. The zero-order valence-corrected chi connectivity index (χ0v) is 15.7. The molecule has 0 aliphatic carbocycles. The number of carbonyl (C=O) groups is 1. The van der Waals surface area contributed by atoms with E-state index in [1.807, 2.05) is 0 Å². The molecule has 1 saturated heterocycles. The Morgan fingerprint density at radius 3 is 2.52 bits per heavy atom. The summed E-state index contributed by atoms with van der Waals surface area (Å²) < 4.78 is 0.435. The van der Waals surface area contributed by atoms with E-state index >= 15 is 0 Å². The molecule has 0 radical (unpaired) electrons. The van der Waals surface area contributed by atoms with Crippen molar-refractivity contribution >= 4 is 63.5 Å². The average Bonchev–Trinajstić information content (AvgIpc) is 2.82. The normalized spacial score (nSPS) is 16.1. The molecule has 0 atom stereocenters. The van der Waals surface area contributed by atoms with Gasteiger partial charge in [0.2, 0.25) is 0 Å². The third-order valence-electron chi connectivity index (χ3n) is 3.50. The van der Waals surface area contributed by atoms with Crippen LogP contribution in [0.3, 0.4) is 0 Å². The maximum absolute atomic E-state index is 12.6. The van der Waals surface area contributed by atoms with Crippen LogP contribution in [0.5, 0.6) is 11.5 Å². The lowest BCUT2D eigenvalue weighted by Crippen LogP contribution is -2.27. The van der Waals surface area contributed by atoms with E-state index in [-0.39, 0.29) is 17.4 Å². The van der Waals surface area contributed by atoms with Gasteiger partial charge in [-0.05, 0) is 41.5 Å². The van der Waals surface area contributed by atoms with Gasteiger partial charge in [0.1, 0.15) is 4.32 Å². The zero-order valence-electron chi connectivity index (χ0n) is 12.6. The summed E-state index contributed by atoms with van der Waals surface area (Å²) in [5, 5.41) is 19.8. The molecule has 8 heteroatoms. The predicted molar refractivity (Wildman–Crippen MR) is 105 cm³/mol. The molecule has 25 heavy (non-hydrogen) atoms. The first kappa shape index (κ1) is 18.1. The lowest BCUT2D eigenvalue weighted by Gasteiger charge is -2.14. The average molecular weight is 412 g/mol. The van der Waals surface area contributed by atoms with Crippen molar-refractivity contribution < 1.29 is 15.0 Å². The molecule has 0 bridgehead atoms. The number of amides is 1. The van der Waals surface area contributed by atoms with E-state index < -0.39 is 0 Å². The van der Waals surface area contributed by atoms with Gasteiger partial charge in [-0.25, -0.2) is 0 Å². The summed E-state index contributed by atoms with van der Waals surface area (Å²) in [4.78, 5) is 14.5. The zero-order chi connectivity index (χ0) is 18.1. The van der Waals surface area contributed by atoms with Crippen molar-refractivity contribution in [3.05, 3.63) is 62.5 Å². The molecule has 2 N–H and O–H groups in total. The van der Waals surface area contributed by atoms with Crippen LogP contribution in [0.25, 0.3) is 6.08 Å². The third-order valence-corrected chi connectivity index (χ3v) is 5.61. The fraction of sp³-hybridized carbons (Fsp3) is 0.0588. The molecule has 2 aromatic rings. The van der Waals surface area contributed by atoms with Crippen LogP contribution in [0, 0.1) is 0 Å². The molecule has 0 aromatic heterocycles. The first-order valence-corrected chi connectivity index (χ1v) is 9.04. The highest BCUT2D eigenvalue weighted by atomic mass is 35.5. The Hall–Kier alpha value is -1.73. The van der Waals surface area contributed by atoms with Crippen LogP contribution in [-0.4, -0.2) is 25.3 Å². The number of carbonyl (C=O) groups excluding carboxylic acids is 1. The van der Waals surface area contributed by atoms with Crippen LogP contribution in [-0.2, 0) is 11.3 Å². The first-order valence-electron chi connectivity index (χ1n) is 7.06. The Kier molecular flexibility index (Phi) is 5.24. The molecule has 4 nitrogen and oxygen atoms in total. The Bertz CT molecular complexity index is 915. The van der Waals surface area contributed by atoms with Crippen molar-refractivity contribution in [3.8, 4) is 11.5 Å². The molecule has 1 fully saturated rings. The van der Waals surface area contributed by atoms with E-state index in [2.05, 4.69) is 0 Å². The van der Waals surface area contributed by atoms with E-state index in [0.717, 1.165) is 5.56 Å². The molecule has 128 valence electrons. The van der Waals surface area contributed by atoms with Gasteiger partial charge in [-0.3, -0.25) is 9.69 Å².